The van der Waals surface area contributed by atoms with E-state index in [4.69, 9.17) is 9.47 Å². The first kappa shape index (κ1) is 18.4. The van der Waals surface area contributed by atoms with Crippen molar-refractivity contribution in [3.63, 3.8) is 0 Å². The standard InChI is InChI=1S/C20H27BO3/c1-19(2,3)23-17-13-9-7-11-15(17)21(22)16-12-8-10-14-18(16)24-20(4,5)6/h7-14,22H,1-6H3. The molecule has 1 N–H and O–H groups in total. The van der Waals surface area contributed by atoms with E-state index < -0.39 is 6.92 Å². The smallest absolute Gasteiger partial charge is 0.366 e. The zero-order chi connectivity index (χ0) is 18.0. The van der Waals surface area contributed by atoms with E-state index in [1.807, 2.05) is 90.1 Å². The van der Waals surface area contributed by atoms with Gasteiger partial charge in [-0.2, -0.15) is 0 Å². The molecule has 0 amide bonds. The fourth-order valence-electron chi connectivity index (χ4n) is 2.43. The SMILES string of the molecule is CC(C)(C)Oc1ccccc1B(O)c1ccccc1OC(C)(C)C. The van der Waals surface area contributed by atoms with Crippen LogP contribution < -0.4 is 20.4 Å². The van der Waals surface area contributed by atoms with Crippen molar-refractivity contribution in [3.8, 4) is 11.5 Å². The van der Waals surface area contributed by atoms with E-state index in [-0.39, 0.29) is 11.2 Å². The molecule has 0 heterocycles. The van der Waals surface area contributed by atoms with E-state index in [1.165, 1.54) is 0 Å². The van der Waals surface area contributed by atoms with Crippen molar-refractivity contribution in [2.45, 2.75) is 52.7 Å². The average molecular weight is 326 g/mol. The van der Waals surface area contributed by atoms with Crippen LogP contribution in [-0.2, 0) is 0 Å². The molecule has 0 radical (unpaired) electrons. The number of ether oxygens (including phenoxy) is 2. The molecule has 0 saturated carbocycles. The van der Waals surface area contributed by atoms with E-state index in [2.05, 4.69) is 0 Å². The molecule has 0 aromatic heterocycles. The van der Waals surface area contributed by atoms with Gasteiger partial charge in [0.05, 0.1) is 0 Å². The Morgan fingerprint density at radius 3 is 1.33 bits per heavy atom. The average Bonchev–Trinajstić information content (AvgIpc) is 2.44. The van der Waals surface area contributed by atoms with Crippen molar-refractivity contribution in [1.29, 1.82) is 0 Å². The van der Waals surface area contributed by atoms with Crippen LogP contribution in [0.5, 0.6) is 11.5 Å². The van der Waals surface area contributed by atoms with Crippen molar-refractivity contribution in [2.24, 2.45) is 0 Å². The van der Waals surface area contributed by atoms with E-state index in [1.54, 1.807) is 0 Å². The van der Waals surface area contributed by atoms with Gasteiger partial charge in [0.1, 0.15) is 22.7 Å². The molecule has 2 aromatic rings. The van der Waals surface area contributed by atoms with E-state index in [0.717, 1.165) is 10.9 Å². The van der Waals surface area contributed by atoms with Crippen LogP contribution in [-0.4, -0.2) is 23.1 Å². The number of benzene rings is 2. The summed E-state index contributed by atoms with van der Waals surface area (Å²) >= 11 is 0. The van der Waals surface area contributed by atoms with Gasteiger partial charge in [-0.25, -0.2) is 0 Å². The summed E-state index contributed by atoms with van der Waals surface area (Å²) in [6.45, 7) is 11.1. The molecule has 24 heavy (non-hydrogen) atoms. The summed E-state index contributed by atoms with van der Waals surface area (Å²) in [6.07, 6.45) is 0. The monoisotopic (exact) mass is 326 g/mol. The molecular formula is C20H27BO3. The number of hydrogen-bond acceptors (Lipinski definition) is 3. The predicted molar refractivity (Wildman–Crippen MR) is 101 cm³/mol. The molecule has 128 valence electrons. The van der Waals surface area contributed by atoms with E-state index in [0.29, 0.717) is 11.5 Å². The lowest BCUT2D eigenvalue weighted by Crippen LogP contribution is -2.45. The first-order chi connectivity index (χ1) is 11.1. The Labute approximate surface area is 145 Å². The molecule has 0 bridgehead atoms. The Morgan fingerprint density at radius 2 is 1.00 bits per heavy atom. The van der Waals surface area contributed by atoms with Crippen molar-refractivity contribution >= 4 is 17.8 Å². The first-order valence-corrected chi connectivity index (χ1v) is 8.31. The Balaban J connectivity index is 2.42. The molecule has 0 atom stereocenters. The van der Waals surface area contributed by atoms with Crippen molar-refractivity contribution in [3.05, 3.63) is 48.5 Å². The summed E-state index contributed by atoms with van der Waals surface area (Å²) in [7, 11) is 0. The molecule has 0 fully saturated rings. The predicted octanol–water partition coefficient (Wildman–Crippen LogP) is 3.14. The van der Waals surface area contributed by atoms with E-state index >= 15 is 0 Å². The molecule has 2 rings (SSSR count). The third-order valence-corrected chi connectivity index (χ3v) is 3.26. The van der Waals surface area contributed by atoms with Crippen LogP contribution in [0.3, 0.4) is 0 Å². The fraction of sp³-hybridized carbons (Fsp3) is 0.400. The summed E-state index contributed by atoms with van der Waals surface area (Å²) < 4.78 is 12.0. The second kappa shape index (κ2) is 6.90. The zero-order valence-electron chi connectivity index (χ0n) is 15.5. The Hall–Kier alpha value is -1.94. The van der Waals surface area contributed by atoms with E-state index in [9.17, 15) is 5.02 Å². The number of hydrogen-bond donors (Lipinski definition) is 1. The van der Waals surface area contributed by atoms with Crippen molar-refractivity contribution in [1.82, 2.24) is 0 Å². The highest BCUT2D eigenvalue weighted by molar-refractivity contribution is 6.80. The third kappa shape index (κ3) is 5.03. The molecule has 0 aliphatic rings. The first-order valence-electron chi connectivity index (χ1n) is 8.31. The maximum absolute atomic E-state index is 11.0. The number of rotatable bonds is 4. The second-order valence-electron chi connectivity index (χ2n) is 7.91. The summed E-state index contributed by atoms with van der Waals surface area (Å²) in [5, 5.41) is 11.0. The Morgan fingerprint density at radius 1 is 0.667 bits per heavy atom. The molecule has 0 unspecified atom stereocenters. The van der Waals surface area contributed by atoms with Gasteiger partial charge in [-0.1, -0.05) is 36.4 Å². The van der Waals surface area contributed by atoms with Crippen LogP contribution in [0.4, 0.5) is 0 Å². The maximum Gasteiger partial charge on any atom is 0.366 e. The van der Waals surface area contributed by atoms with Gasteiger partial charge in [-0.05, 0) is 64.6 Å². The third-order valence-electron chi connectivity index (χ3n) is 3.26. The quantitative estimate of drug-likeness (QED) is 0.878. The summed E-state index contributed by atoms with van der Waals surface area (Å²) in [5.74, 6) is 1.37. The van der Waals surface area contributed by atoms with Crippen LogP contribution >= 0.6 is 0 Å². The lowest BCUT2D eigenvalue weighted by Gasteiger charge is -2.26. The maximum atomic E-state index is 11.0. The minimum Gasteiger partial charge on any atom is -0.489 e. The van der Waals surface area contributed by atoms with Crippen LogP contribution in [0.1, 0.15) is 41.5 Å². The molecule has 0 spiro atoms. The minimum absolute atomic E-state index is 0.336. The van der Waals surface area contributed by atoms with Crippen LogP contribution in [0, 0.1) is 0 Å². The normalized spacial score (nSPS) is 12.0. The van der Waals surface area contributed by atoms with Crippen LogP contribution in [0.2, 0.25) is 0 Å². The lowest BCUT2D eigenvalue weighted by molar-refractivity contribution is 0.132. The van der Waals surface area contributed by atoms with Gasteiger partial charge in [-0.15, -0.1) is 0 Å². The highest BCUT2D eigenvalue weighted by atomic mass is 16.5. The zero-order valence-corrected chi connectivity index (χ0v) is 15.5. The molecule has 3 nitrogen and oxygen atoms in total. The highest BCUT2D eigenvalue weighted by Crippen LogP contribution is 2.19. The Bertz CT molecular complexity index is 624. The van der Waals surface area contributed by atoms with Gasteiger partial charge >= 0.3 is 6.92 Å². The topological polar surface area (TPSA) is 38.7 Å². The number of para-hydroxylation sites is 2. The van der Waals surface area contributed by atoms with Crippen LogP contribution in [0.15, 0.2) is 48.5 Å². The molecular weight excluding hydrogens is 299 g/mol. The van der Waals surface area contributed by atoms with Gasteiger partial charge < -0.3 is 14.5 Å². The molecule has 2 aromatic carbocycles. The largest absolute Gasteiger partial charge is 0.489 e. The van der Waals surface area contributed by atoms with Gasteiger partial charge in [0.25, 0.3) is 0 Å². The lowest BCUT2D eigenvalue weighted by atomic mass is 9.55. The molecule has 0 saturated heterocycles. The minimum atomic E-state index is -0.818. The van der Waals surface area contributed by atoms with Gasteiger partial charge in [0.2, 0.25) is 0 Å². The Kier molecular flexibility index (Phi) is 5.29. The van der Waals surface area contributed by atoms with Gasteiger partial charge in [-0.3, -0.25) is 0 Å². The second-order valence-corrected chi connectivity index (χ2v) is 7.91. The molecule has 0 aliphatic carbocycles. The highest BCUT2D eigenvalue weighted by Gasteiger charge is 2.27. The molecule has 0 aliphatic heterocycles. The summed E-state index contributed by atoms with van der Waals surface area (Å²) in [5.41, 5.74) is 0.795. The summed E-state index contributed by atoms with van der Waals surface area (Å²) in [6, 6.07) is 15.2. The van der Waals surface area contributed by atoms with Gasteiger partial charge in [0.15, 0.2) is 0 Å². The van der Waals surface area contributed by atoms with Gasteiger partial charge in [0, 0.05) is 0 Å². The van der Waals surface area contributed by atoms with Crippen molar-refractivity contribution in [2.75, 3.05) is 0 Å². The fourth-order valence-corrected chi connectivity index (χ4v) is 2.43. The van der Waals surface area contributed by atoms with Crippen LogP contribution in [0.25, 0.3) is 0 Å². The summed E-state index contributed by atoms with van der Waals surface area (Å²) in [4.78, 5) is 0. The van der Waals surface area contributed by atoms with Crippen molar-refractivity contribution < 1.29 is 14.5 Å². The molecule has 4 heteroatoms.